The molecule has 1 aliphatic rings. The second kappa shape index (κ2) is 7.44. The van der Waals surface area contributed by atoms with Crippen LogP contribution in [0.25, 0.3) is 0 Å². The number of β-amino-alcohol motifs (C(OH)–C–C–N with tert-alkyl or cyclic N) is 1. The Balaban J connectivity index is 2.31. The Morgan fingerprint density at radius 1 is 1.35 bits per heavy atom. The first-order valence-corrected chi connectivity index (χ1v) is 7.47. The average Bonchev–Trinajstić information content (AvgIpc) is 2.52. The van der Waals surface area contributed by atoms with Gasteiger partial charge in [0.15, 0.2) is 17.7 Å². The van der Waals surface area contributed by atoms with E-state index in [0.717, 1.165) is 6.07 Å². The number of aliphatic hydroxyl groups is 1. The zero-order valence-corrected chi connectivity index (χ0v) is 13.1. The molecule has 0 radical (unpaired) electrons. The highest BCUT2D eigenvalue weighted by Crippen LogP contribution is 2.31. The molecular weight excluding hydrogens is 367 g/mol. The molecule has 11 heteroatoms. The fraction of sp³-hybridized carbons (Fsp3) is 0.467. The first kappa shape index (κ1) is 19.9. The number of hydrogen-bond donors (Lipinski definition) is 3. The summed E-state index contributed by atoms with van der Waals surface area (Å²) in [6, 6.07) is 1.80. The van der Waals surface area contributed by atoms with Crippen LogP contribution in [0.3, 0.4) is 0 Å². The Morgan fingerprint density at radius 2 is 2.00 bits per heavy atom. The van der Waals surface area contributed by atoms with Crippen molar-refractivity contribution in [2.24, 2.45) is 0 Å². The van der Waals surface area contributed by atoms with Crippen LogP contribution in [-0.4, -0.2) is 58.5 Å². The summed E-state index contributed by atoms with van der Waals surface area (Å²) in [5.74, 6) is -4.34. The van der Waals surface area contributed by atoms with E-state index in [4.69, 9.17) is 5.11 Å². The van der Waals surface area contributed by atoms with Gasteiger partial charge in [-0.3, -0.25) is 4.79 Å². The summed E-state index contributed by atoms with van der Waals surface area (Å²) < 4.78 is 65.1. The van der Waals surface area contributed by atoms with Gasteiger partial charge in [-0.15, -0.1) is 0 Å². The van der Waals surface area contributed by atoms with E-state index in [1.807, 2.05) is 5.32 Å². The van der Waals surface area contributed by atoms with Gasteiger partial charge >= 0.3 is 12.3 Å². The van der Waals surface area contributed by atoms with Gasteiger partial charge in [0.2, 0.25) is 5.91 Å². The summed E-state index contributed by atoms with van der Waals surface area (Å²) in [6.07, 6.45) is -9.70. The standard InChI is InChI=1S/C15H15F5N2O4/c16-9-3-1-2-8(12(9)17)7-4-10(21-14(25)26)13(24)22(5-7)6-11(23)15(18,19)20/h1-3,7,10-11,21,23H,4-6H2,(H,25,26)/t7-,10+,11+/m1/s1. The van der Waals surface area contributed by atoms with E-state index >= 15 is 0 Å². The molecule has 2 amide bonds. The molecule has 6 nitrogen and oxygen atoms in total. The third kappa shape index (κ3) is 4.40. The molecule has 0 aliphatic carbocycles. The fourth-order valence-electron chi connectivity index (χ4n) is 2.84. The molecule has 144 valence electrons. The minimum atomic E-state index is -4.99. The Hall–Kier alpha value is -2.43. The van der Waals surface area contributed by atoms with E-state index in [2.05, 4.69) is 0 Å². The van der Waals surface area contributed by atoms with Crippen molar-refractivity contribution in [1.82, 2.24) is 10.2 Å². The van der Waals surface area contributed by atoms with Crippen LogP contribution < -0.4 is 5.32 Å². The number of piperidine rings is 1. The number of benzene rings is 1. The van der Waals surface area contributed by atoms with Gasteiger partial charge < -0.3 is 20.4 Å². The summed E-state index contributed by atoms with van der Waals surface area (Å²) in [7, 11) is 0. The number of aliphatic hydroxyl groups excluding tert-OH is 1. The van der Waals surface area contributed by atoms with E-state index in [9.17, 15) is 36.6 Å². The maximum Gasteiger partial charge on any atom is 0.416 e. The molecule has 2 rings (SSSR count). The van der Waals surface area contributed by atoms with Crippen molar-refractivity contribution in [3.8, 4) is 0 Å². The normalized spacial score (nSPS) is 22.2. The molecule has 0 unspecified atom stereocenters. The molecule has 3 N–H and O–H groups in total. The second-order valence-electron chi connectivity index (χ2n) is 5.88. The second-order valence-corrected chi connectivity index (χ2v) is 5.88. The van der Waals surface area contributed by atoms with Crippen LogP contribution in [0.4, 0.5) is 26.7 Å². The molecule has 1 saturated heterocycles. The number of nitrogens with one attached hydrogen (secondary N) is 1. The minimum absolute atomic E-state index is 0.193. The zero-order valence-electron chi connectivity index (χ0n) is 13.1. The number of hydrogen-bond acceptors (Lipinski definition) is 3. The third-order valence-electron chi connectivity index (χ3n) is 4.06. The lowest BCUT2D eigenvalue weighted by atomic mass is 9.87. The van der Waals surface area contributed by atoms with Gasteiger partial charge in [-0.1, -0.05) is 12.1 Å². The van der Waals surface area contributed by atoms with Crippen molar-refractivity contribution < 1.29 is 41.8 Å². The number of carbonyl (C=O) groups is 2. The monoisotopic (exact) mass is 382 g/mol. The maximum atomic E-state index is 14.0. The Bertz CT molecular complexity index is 697. The number of carboxylic acid groups (broad SMARTS) is 1. The number of nitrogens with zero attached hydrogens (tertiary/aromatic N) is 1. The number of rotatable bonds is 4. The van der Waals surface area contributed by atoms with E-state index < -0.39 is 61.0 Å². The van der Waals surface area contributed by atoms with Gasteiger partial charge in [-0.05, 0) is 18.1 Å². The Kier molecular flexibility index (Phi) is 5.69. The van der Waals surface area contributed by atoms with Gasteiger partial charge in [-0.25, -0.2) is 13.6 Å². The smallest absolute Gasteiger partial charge is 0.416 e. The van der Waals surface area contributed by atoms with Crippen LogP contribution in [0.1, 0.15) is 17.9 Å². The molecule has 0 saturated carbocycles. The Morgan fingerprint density at radius 3 is 2.58 bits per heavy atom. The van der Waals surface area contributed by atoms with E-state index in [1.54, 1.807) is 0 Å². The fourth-order valence-corrected chi connectivity index (χ4v) is 2.84. The van der Waals surface area contributed by atoms with Crippen molar-refractivity contribution >= 4 is 12.0 Å². The highest BCUT2D eigenvalue weighted by atomic mass is 19.4. The number of carbonyl (C=O) groups excluding carboxylic acids is 1. The third-order valence-corrected chi connectivity index (χ3v) is 4.06. The molecular formula is C15H15F5N2O4. The largest absolute Gasteiger partial charge is 0.465 e. The van der Waals surface area contributed by atoms with Crippen LogP contribution in [0, 0.1) is 11.6 Å². The lowest BCUT2D eigenvalue weighted by molar-refractivity contribution is -0.209. The SMILES string of the molecule is O=C(O)N[C@H]1C[C@@H](c2cccc(F)c2F)CN(C[C@H](O)C(F)(F)F)C1=O. The molecule has 0 bridgehead atoms. The summed E-state index contributed by atoms with van der Waals surface area (Å²) >= 11 is 0. The lowest BCUT2D eigenvalue weighted by Crippen LogP contribution is -2.57. The zero-order chi connectivity index (χ0) is 19.6. The van der Waals surface area contributed by atoms with Crippen LogP contribution >= 0.6 is 0 Å². The van der Waals surface area contributed by atoms with Gasteiger partial charge in [0.25, 0.3) is 0 Å². The van der Waals surface area contributed by atoms with Crippen LogP contribution in [0.15, 0.2) is 18.2 Å². The minimum Gasteiger partial charge on any atom is -0.465 e. The summed E-state index contributed by atoms with van der Waals surface area (Å²) in [5.41, 5.74) is -0.193. The predicted molar refractivity (Wildman–Crippen MR) is 77.3 cm³/mol. The quantitative estimate of drug-likeness (QED) is 0.694. The molecule has 1 aromatic rings. The van der Waals surface area contributed by atoms with E-state index in [-0.39, 0.29) is 12.0 Å². The highest BCUT2D eigenvalue weighted by molar-refractivity contribution is 5.86. The summed E-state index contributed by atoms with van der Waals surface area (Å²) in [5, 5.41) is 19.8. The molecule has 1 heterocycles. The van der Waals surface area contributed by atoms with E-state index in [1.165, 1.54) is 12.1 Å². The Labute approximate surface area is 144 Å². The molecule has 0 spiro atoms. The molecule has 1 aromatic carbocycles. The number of amides is 2. The summed E-state index contributed by atoms with van der Waals surface area (Å²) in [4.78, 5) is 23.6. The van der Waals surface area contributed by atoms with Gasteiger partial charge in [0, 0.05) is 12.5 Å². The predicted octanol–water partition coefficient (Wildman–Crippen LogP) is 1.84. The van der Waals surface area contributed by atoms with Crippen molar-refractivity contribution in [3.63, 3.8) is 0 Å². The number of likely N-dealkylation sites (tertiary alicyclic amines) is 1. The number of halogens is 5. The lowest BCUT2D eigenvalue weighted by Gasteiger charge is -2.38. The van der Waals surface area contributed by atoms with Crippen LogP contribution in [-0.2, 0) is 4.79 Å². The molecule has 0 aromatic heterocycles. The molecule has 1 aliphatic heterocycles. The molecule has 26 heavy (non-hydrogen) atoms. The topological polar surface area (TPSA) is 89.9 Å². The van der Waals surface area contributed by atoms with Crippen molar-refractivity contribution in [2.75, 3.05) is 13.1 Å². The van der Waals surface area contributed by atoms with E-state index in [0.29, 0.717) is 4.90 Å². The first-order chi connectivity index (χ1) is 12.0. The van der Waals surface area contributed by atoms with Gasteiger partial charge in [0.05, 0.1) is 6.54 Å². The average molecular weight is 382 g/mol. The van der Waals surface area contributed by atoms with Crippen LogP contribution in [0.2, 0.25) is 0 Å². The molecule has 1 fully saturated rings. The van der Waals surface area contributed by atoms with Crippen molar-refractivity contribution in [2.45, 2.75) is 30.7 Å². The van der Waals surface area contributed by atoms with Gasteiger partial charge in [-0.2, -0.15) is 13.2 Å². The summed E-state index contributed by atoms with van der Waals surface area (Å²) in [6.45, 7) is -1.57. The molecule has 3 atom stereocenters. The van der Waals surface area contributed by atoms with Crippen molar-refractivity contribution in [1.29, 1.82) is 0 Å². The van der Waals surface area contributed by atoms with Crippen molar-refractivity contribution in [3.05, 3.63) is 35.4 Å². The first-order valence-electron chi connectivity index (χ1n) is 7.47. The highest BCUT2D eigenvalue weighted by Gasteiger charge is 2.43. The number of alkyl halides is 3. The maximum absolute atomic E-state index is 14.0. The van der Waals surface area contributed by atoms with Crippen LogP contribution in [0.5, 0.6) is 0 Å². The van der Waals surface area contributed by atoms with Gasteiger partial charge in [0.1, 0.15) is 6.04 Å².